The van der Waals surface area contributed by atoms with Crippen LogP contribution in [0.2, 0.25) is 10.0 Å². The molecule has 0 radical (unpaired) electrons. The van der Waals surface area contributed by atoms with Gasteiger partial charge < -0.3 is 19.5 Å². The van der Waals surface area contributed by atoms with Crippen molar-refractivity contribution < 1.29 is 28.6 Å². The second kappa shape index (κ2) is 10.4. The molecule has 2 unspecified atom stereocenters. The van der Waals surface area contributed by atoms with Gasteiger partial charge in [0.2, 0.25) is 0 Å². The summed E-state index contributed by atoms with van der Waals surface area (Å²) in [5.74, 6) is -1.98. The van der Waals surface area contributed by atoms with Gasteiger partial charge in [0, 0.05) is 46.0 Å². The van der Waals surface area contributed by atoms with Gasteiger partial charge >= 0.3 is 18.0 Å². The largest absolute Gasteiger partial charge is 0.466 e. The molecule has 3 rings (SSSR count). The predicted octanol–water partition coefficient (Wildman–Crippen LogP) is 4.89. The standard InChI is InChI=1S/C24H24Cl2N2O6/c1-5-34-22(30)24(14-7-6-8-16(11-14)28(2)23(31)33-4)17(9-10-20(29)32-3)21-18(26)12-15(25)13-19(21)27-24/h6-13,17,27H,5H2,1-4H3/b10-9-. The highest BCUT2D eigenvalue weighted by Gasteiger charge is 2.54. The van der Waals surface area contributed by atoms with Crippen molar-refractivity contribution in [3.05, 3.63) is 69.7 Å². The zero-order valence-electron chi connectivity index (χ0n) is 19.1. The lowest BCUT2D eigenvalue weighted by Crippen LogP contribution is -2.46. The molecular formula is C24H24Cl2N2O6. The molecule has 1 heterocycles. The van der Waals surface area contributed by atoms with E-state index in [0.29, 0.717) is 32.5 Å². The van der Waals surface area contributed by atoms with Gasteiger partial charge in [-0.25, -0.2) is 14.4 Å². The maximum atomic E-state index is 13.6. The third kappa shape index (κ3) is 4.56. The minimum Gasteiger partial charge on any atom is -0.466 e. The minimum atomic E-state index is -1.52. The van der Waals surface area contributed by atoms with Crippen LogP contribution in [0.15, 0.2) is 48.6 Å². The van der Waals surface area contributed by atoms with Crippen molar-refractivity contribution in [2.45, 2.75) is 18.4 Å². The van der Waals surface area contributed by atoms with Gasteiger partial charge in [-0.1, -0.05) is 41.4 Å². The number of carbonyl (C=O) groups excluding carboxylic acids is 3. The Morgan fingerprint density at radius 1 is 1.15 bits per heavy atom. The van der Waals surface area contributed by atoms with E-state index >= 15 is 0 Å². The van der Waals surface area contributed by atoms with E-state index in [1.807, 2.05) is 0 Å². The van der Waals surface area contributed by atoms with Crippen molar-refractivity contribution in [3.63, 3.8) is 0 Å². The van der Waals surface area contributed by atoms with Gasteiger partial charge in [0.1, 0.15) is 0 Å². The maximum Gasteiger partial charge on any atom is 0.413 e. The van der Waals surface area contributed by atoms with E-state index < -0.39 is 29.5 Å². The van der Waals surface area contributed by atoms with Gasteiger partial charge in [0.05, 0.1) is 20.8 Å². The Labute approximate surface area is 207 Å². The third-order valence-corrected chi connectivity index (χ3v) is 6.10. The Morgan fingerprint density at radius 3 is 2.53 bits per heavy atom. The summed E-state index contributed by atoms with van der Waals surface area (Å²) >= 11 is 12.8. The van der Waals surface area contributed by atoms with Crippen LogP contribution in [0.4, 0.5) is 16.2 Å². The van der Waals surface area contributed by atoms with Crippen molar-refractivity contribution in [1.82, 2.24) is 0 Å². The zero-order chi connectivity index (χ0) is 25.0. The first kappa shape index (κ1) is 25.4. The third-order valence-electron chi connectivity index (χ3n) is 5.56. The number of hydrogen-bond acceptors (Lipinski definition) is 7. The number of rotatable bonds is 6. The number of amides is 1. The summed E-state index contributed by atoms with van der Waals surface area (Å²) in [5.41, 5.74) is 0.500. The van der Waals surface area contributed by atoms with E-state index in [-0.39, 0.29) is 6.61 Å². The van der Waals surface area contributed by atoms with E-state index in [0.717, 1.165) is 0 Å². The monoisotopic (exact) mass is 506 g/mol. The highest BCUT2D eigenvalue weighted by atomic mass is 35.5. The smallest absolute Gasteiger partial charge is 0.413 e. The van der Waals surface area contributed by atoms with Gasteiger partial charge in [-0.15, -0.1) is 0 Å². The average molecular weight is 507 g/mol. The molecule has 2 aromatic rings. The second-order valence-corrected chi connectivity index (χ2v) is 8.29. The number of fused-ring (bicyclic) bond motifs is 1. The summed E-state index contributed by atoms with van der Waals surface area (Å²) in [6.45, 7) is 1.81. The first-order valence-corrected chi connectivity index (χ1v) is 11.1. The Morgan fingerprint density at radius 2 is 1.88 bits per heavy atom. The van der Waals surface area contributed by atoms with E-state index in [4.69, 9.17) is 37.4 Å². The quantitative estimate of drug-likeness (QED) is 0.338. The number of anilines is 2. The number of nitrogens with zero attached hydrogens (tertiary/aromatic N) is 1. The van der Waals surface area contributed by atoms with Crippen LogP contribution in [-0.2, 0) is 29.3 Å². The molecule has 0 spiro atoms. The second-order valence-electron chi connectivity index (χ2n) is 7.44. The highest BCUT2D eigenvalue weighted by Crippen LogP contribution is 2.53. The fraction of sp³-hybridized carbons (Fsp3) is 0.292. The van der Waals surface area contributed by atoms with Crippen LogP contribution < -0.4 is 10.2 Å². The van der Waals surface area contributed by atoms with Crippen molar-refractivity contribution in [3.8, 4) is 0 Å². The van der Waals surface area contributed by atoms with Crippen LogP contribution in [-0.4, -0.2) is 45.9 Å². The van der Waals surface area contributed by atoms with Crippen LogP contribution in [0.5, 0.6) is 0 Å². The van der Waals surface area contributed by atoms with Crippen molar-refractivity contribution in [1.29, 1.82) is 0 Å². The van der Waals surface area contributed by atoms with Gasteiger partial charge in [-0.3, -0.25) is 4.90 Å². The van der Waals surface area contributed by atoms with E-state index in [2.05, 4.69) is 5.32 Å². The van der Waals surface area contributed by atoms with Gasteiger partial charge in [-0.05, 0) is 36.8 Å². The number of esters is 2. The van der Waals surface area contributed by atoms with Crippen molar-refractivity contribution >= 4 is 52.6 Å². The number of ether oxygens (including phenoxy) is 3. The summed E-state index contributed by atoms with van der Waals surface area (Å²) in [6, 6.07) is 9.99. The number of benzene rings is 2. The molecule has 2 aromatic carbocycles. The Balaban J connectivity index is 2.29. The molecule has 1 aliphatic heterocycles. The number of methoxy groups -OCH3 is 2. The lowest BCUT2D eigenvalue weighted by molar-refractivity contribution is -0.149. The molecule has 180 valence electrons. The SMILES string of the molecule is CCOC(=O)C1(c2cccc(N(C)C(=O)OC)c2)Nc2cc(Cl)cc(Cl)c2C1/C=C\C(=O)OC. The van der Waals surface area contributed by atoms with Crippen LogP contribution >= 0.6 is 23.2 Å². The normalized spacial score (nSPS) is 18.7. The van der Waals surface area contributed by atoms with E-state index in [1.54, 1.807) is 50.4 Å². The molecule has 0 fully saturated rings. The molecule has 1 amide bonds. The molecule has 0 saturated heterocycles. The molecule has 1 aliphatic rings. The van der Waals surface area contributed by atoms with E-state index in [1.165, 1.54) is 31.3 Å². The molecule has 0 saturated carbocycles. The molecular weight excluding hydrogens is 483 g/mol. The fourth-order valence-electron chi connectivity index (χ4n) is 3.99. The first-order valence-electron chi connectivity index (χ1n) is 10.3. The van der Waals surface area contributed by atoms with Crippen LogP contribution in [0.1, 0.15) is 24.0 Å². The van der Waals surface area contributed by atoms with Crippen LogP contribution in [0, 0.1) is 0 Å². The Kier molecular flexibility index (Phi) is 7.74. The summed E-state index contributed by atoms with van der Waals surface area (Å²) in [7, 11) is 4.08. The Hall–Kier alpha value is -3.23. The molecule has 8 nitrogen and oxygen atoms in total. The first-order chi connectivity index (χ1) is 16.2. The number of halogens is 2. The van der Waals surface area contributed by atoms with Gasteiger partial charge in [-0.2, -0.15) is 0 Å². The molecule has 2 atom stereocenters. The average Bonchev–Trinajstić information content (AvgIpc) is 3.17. The zero-order valence-corrected chi connectivity index (χ0v) is 20.6. The molecule has 0 aromatic heterocycles. The summed E-state index contributed by atoms with van der Waals surface area (Å²) in [6.07, 6.45) is 2.19. The highest BCUT2D eigenvalue weighted by molar-refractivity contribution is 6.36. The number of carbonyl (C=O) groups is 3. The maximum absolute atomic E-state index is 13.6. The van der Waals surface area contributed by atoms with Crippen LogP contribution in [0.25, 0.3) is 0 Å². The Bertz CT molecular complexity index is 1150. The number of hydrogen-bond donors (Lipinski definition) is 1. The molecule has 1 N–H and O–H groups in total. The molecule has 0 bridgehead atoms. The van der Waals surface area contributed by atoms with Crippen molar-refractivity contribution in [2.75, 3.05) is 38.1 Å². The minimum absolute atomic E-state index is 0.113. The van der Waals surface area contributed by atoms with Crippen molar-refractivity contribution in [2.24, 2.45) is 0 Å². The summed E-state index contributed by atoms with van der Waals surface area (Å²) in [5, 5.41) is 3.93. The lowest BCUT2D eigenvalue weighted by Gasteiger charge is -2.33. The topological polar surface area (TPSA) is 94.2 Å². The lowest BCUT2D eigenvalue weighted by atomic mass is 9.77. The number of nitrogens with one attached hydrogen (secondary N) is 1. The fourth-order valence-corrected chi connectivity index (χ4v) is 4.60. The summed E-state index contributed by atoms with van der Waals surface area (Å²) < 4.78 is 15.0. The molecule has 0 aliphatic carbocycles. The molecule has 10 heteroatoms. The predicted molar refractivity (Wildman–Crippen MR) is 130 cm³/mol. The van der Waals surface area contributed by atoms with Gasteiger partial charge in [0.15, 0.2) is 5.54 Å². The summed E-state index contributed by atoms with van der Waals surface area (Å²) in [4.78, 5) is 39.0. The van der Waals surface area contributed by atoms with Gasteiger partial charge in [0.25, 0.3) is 0 Å². The molecule has 34 heavy (non-hydrogen) atoms. The van der Waals surface area contributed by atoms with Crippen LogP contribution in [0.3, 0.4) is 0 Å². The van der Waals surface area contributed by atoms with E-state index in [9.17, 15) is 14.4 Å².